The van der Waals surface area contributed by atoms with E-state index in [1.54, 1.807) is 17.0 Å². The van der Waals surface area contributed by atoms with Crippen molar-refractivity contribution in [3.05, 3.63) is 18.2 Å². The molecule has 168 valence electrons. The molecule has 5 rings (SSSR count). The van der Waals surface area contributed by atoms with Crippen LogP contribution in [0.4, 0.5) is 5.69 Å². The lowest BCUT2D eigenvalue weighted by Crippen LogP contribution is -2.53. The molecule has 3 unspecified atom stereocenters. The first kappa shape index (κ1) is 20.5. The molecule has 0 spiro atoms. The Bertz CT molecular complexity index is 821. The van der Waals surface area contributed by atoms with Gasteiger partial charge in [-0.1, -0.05) is 0 Å². The monoisotopic (exact) mass is 431 g/mol. The first-order valence-corrected chi connectivity index (χ1v) is 11.1. The van der Waals surface area contributed by atoms with Crippen molar-refractivity contribution in [2.24, 2.45) is 11.8 Å². The summed E-state index contributed by atoms with van der Waals surface area (Å²) >= 11 is 0. The molecule has 9 heteroatoms. The van der Waals surface area contributed by atoms with E-state index in [2.05, 4.69) is 10.2 Å². The van der Waals surface area contributed by atoms with Crippen LogP contribution < -0.4 is 19.7 Å². The van der Waals surface area contributed by atoms with Crippen LogP contribution in [0.1, 0.15) is 12.8 Å². The SMILES string of the molecule is O=C(NCC(C1CCOC1)N1CCOCC1)C1CC(=O)N(c2ccc3c(c2)OCO3)C1. The van der Waals surface area contributed by atoms with E-state index in [4.69, 9.17) is 18.9 Å². The van der Waals surface area contributed by atoms with Gasteiger partial charge in [-0.3, -0.25) is 14.5 Å². The maximum absolute atomic E-state index is 12.9. The molecule has 3 atom stereocenters. The van der Waals surface area contributed by atoms with Crippen LogP contribution in [-0.4, -0.2) is 82.2 Å². The van der Waals surface area contributed by atoms with E-state index in [-0.39, 0.29) is 37.0 Å². The van der Waals surface area contributed by atoms with Crippen molar-refractivity contribution in [1.29, 1.82) is 0 Å². The topological polar surface area (TPSA) is 89.6 Å². The van der Waals surface area contributed by atoms with Crippen LogP contribution in [0.25, 0.3) is 0 Å². The number of carbonyl (C=O) groups excluding carboxylic acids is 2. The number of benzene rings is 1. The molecular formula is C22H29N3O6. The van der Waals surface area contributed by atoms with Crippen LogP contribution >= 0.6 is 0 Å². The van der Waals surface area contributed by atoms with E-state index in [1.807, 2.05) is 6.07 Å². The van der Waals surface area contributed by atoms with Crippen LogP contribution in [0, 0.1) is 11.8 Å². The molecule has 0 aliphatic carbocycles. The minimum atomic E-state index is -0.358. The van der Waals surface area contributed by atoms with E-state index in [9.17, 15) is 9.59 Å². The summed E-state index contributed by atoms with van der Waals surface area (Å²) in [5.74, 6) is 1.25. The van der Waals surface area contributed by atoms with Gasteiger partial charge in [0.15, 0.2) is 11.5 Å². The van der Waals surface area contributed by atoms with Crippen molar-refractivity contribution in [1.82, 2.24) is 10.2 Å². The zero-order valence-corrected chi connectivity index (χ0v) is 17.6. The Labute approximate surface area is 181 Å². The van der Waals surface area contributed by atoms with Gasteiger partial charge in [-0.05, 0) is 18.6 Å². The van der Waals surface area contributed by atoms with Crippen LogP contribution in [-0.2, 0) is 19.1 Å². The summed E-state index contributed by atoms with van der Waals surface area (Å²) in [5, 5.41) is 3.13. The van der Waals surface area contributed by atoms with Gasteiger partial charge in [0, 0.05) is 62.9 Å². The number of carbonyl (C=O) groups is 2. The van der Waals surface area contributed by atoms with E-state index in [1.165, 1.54) is 0 Å². The molecule has 1 N–H and O–H groups in total. The molecule has 0 radical (unpaired) electrons. The lowest BCUT2D eigenvalue weighted by Gasteiger charge is -2.37. The molecule has 0 saturated carbocycles. The molecule has 0 aromatic heterocycles. The van der Waals surface area contributed by atoms with Gasteiger partial charge in [0.25, 0.3) is 0 Å². The summed E-state index contributed by atoms with van der Waals surface area (Å²) in [4.78, 5) is 29.6. The number of ether oxygens (including phenoxy) is 4. The zero-order chi connectivity index (χ0) is 21.2. The van der Waals surface area contributed by atoms with Crippen LogP contribution in [0.5, 0.6) is 11.5 Å². The number of hydrogen-bond donors (Lipinski definition) is 1. The molecular weight excluding hydrogens is 402 g/mol. The van der Waals surface area contributed by atoms with Gasteiger partial charge in [-0.25, -0.2) is 0 Å². The van der Waals surface area contributed by atoms with Crippen LogP contribution in [0.3, 0.4) is 0 Å². The first-order valence-electron chi connectivity index (χ1n) is 11.1. The molecule has 0 bridgehead atoms. The van der Waals surface area contributed by atoms with E-state index in [0.717, 1.165) is 51.6 Å². The van der Waals surface area contributed by atoms with Crippen LogP contribution in [0.2, 0.25) is 0 Å². The number of nitrogens with one attached hydrogen (secondary N) is 1. The summed E-state index contributed by atoms with van der Waals surface area (Å²) in [6.45, 7) is 5.83. The highest BCUT2D eigenvalue weighted by atomic mass is 16.7. The number of fused-ring (bicyclic) bond motifs is 1. The summed E-state index contributed by atoms with van der Waals surface area (Å²) in [5.41, 5.74) is 0.735. The lowest BCUT2D eigenvalue weighted by atomic mass is 9.96. The third-order valence-corrected chi connectivity index (χ3v) is 6.67. The number of morpholine rings is 1. The third-order valence-electron chi connectivity index (χ3n) is 6.67. The number of rotatable bonds is 6. The number of anilines is 1. The van der Waals surface area contributed by atoms with Gasteiger partial charge >= 0.3 is 0 Å². The van der Waals surface area contributed by atoms with Crippen molar-refractivity contribution in [2.75, 3.05) is 64.3 Å². The normalized spacial score (nSPS) is 27.0. The van der Waals surface area contributed by atoms with Gasteiger partial charge in [-0.15, -0.1) is 0 Å². The fourth-order valence-corrected chi connectivity index (χ4v) is 4.89. The van der Waals surface area contributed by atoms with Gasteiger partial charge in [0.05, 0.1) is 25.7 Å². The Balaban J connectivity index is 1.20. The molecule has 4 aliphatic rings. The molecule has 1 aromatic rings. The van der Waals surface area contributed by atoms with Crippen molar-refractivity contribution in [2.45, 2.75) is 18.9 Å². The molecule has 4 heterocycles. The minimum absolute atomic E-state index is 0.0482. The predicted molar refractivity (Wildman–Crippen MR) is 111 cm³/mol. The number of amides is 2. The minimum Gasteiger partial charge on any atom is -0.454 e. The Hall–Kier alpha value is -2.36. The Kier molecular flexibility index (Phi) is 5.97. The van der Waals surface area contributed by atoms with Gasteiger partial charge in [0.1, 0.15) is 0 Å². The van der Waals surface area contributed by atoms with Crippen molar-refractivity contribution in [3.8, 4) is 11.5 Å². The summed E-state index contributed by atoms with van der Waals surface area (Å²) in [6.07, 6.45) is 1.23. The second kappa shape index (κ2) is 9.02. The van der Waals surface area contributed by atoms with Crippen molar-refractivity contribution < 1.29 is 28.5 Å². The second-order valence-electron chi connectivity index (χ2n) is 8.53. The largest absolute Gasteiger partial charge is 0.454 e. The molecule has 4 aliphatic heterocycles. The van der Waals surface area contributed by atoms with E-state index >= 15 is 0 Å². The van der Waals surface area contributed by atoms with Crippen molar-refractivity contribution in [3.63, 3.8) is 0 Å². The zero-order valence-electron chi connectivity index (χ0n) is 17.6. The quantitative estimate of drug-likeness (QED) is 0.706. The summed E-state index contributed by atoms with van der Waals surface area (Å²) in [6, 6.07) is 5.67. The number of hydrogen-bond acceptors (Lipinski definition) is 7. The molecule has 3 saturated heterocycles. The highest BCUT2D eigenvalue weighted by molar-refractivity contribution is 6.00. The summed E-state index contributed by atoms with van der Waals surface area (Å²) < 4.78 is 21.9. The number of nitrogens with zero attached hydrogens (tertiary/aromatic N) is 2. The molecule has 1 aromatic carbocycles. The van der Waals surface area contributed by atoms with Crippen molar-refractivity contribution >= 4 is 17.5 Å². The van der Waals surface area contributed by atoms with Gasteiger partial charge < -0.3 is 29.2 Å². The predicted octanol–water partition coefficient (Wildman–Crippen LogP) is 0.622. The van der Waals surface area contributed by atoms with Gasteiger partial charge in [-0.2, -0.15) is 0 Å². The standard InChI is InChI=1S/C22H29N3O6/c26-21-9-16(12-25(21)17-1-2-19-20(10-17)31-14-30-19)22(27)23-11-18(15-3-6-29-13-15)24-4-7-28-8-5-24/h1-2,10,15-16,18H,3-9,11-14H2,(H,23,27). The maximum Gasteiger partial charge on any atom is 0.231 e. The van der Waals surface area contributed by atoms with E-state index in [0.29, 0.717) is 30.5 Å². The highest BCUT2D eigenvalue weighted by Gasteiger charge is 2.37. The maximum atomic E-state index is 12.9. The Morgan fingerprint density at radius 1 is 1.13 bits per heavy atom. The third kappa shape index (κ3) is 4.35. The summed E-state index contributed by atoms with van der Waals surface area (Å²) in [7, 11) is 0. The molecule has 2 amide bonds. The van der Waals surface area contributed by atoms with Gasteiger partial charge in [0.2, 0.25) is 18.6 Å². The Morgan fingerprint density at radius 2 is 1.97 bits per heavy atom. The lowest BCUT2D eigenvalue weighted by molar-refractivity contribution is -0.126. The smallest absolute Gasteiger partial charge is 0.231 e. The highest BCUT2D eigenvalue weighted by Crippen LogP contribution is 2.37. The second-order valence-corrected chi connectivity index (χ2v) is 8.53. The van der Waals surface area contributed by atoms with E-state index < -0.39 is 0 Å². The average Bonchev–Trinajstić information content (AvgIpc) is 3.55. The molecule has 3 fully saturated rings. The fourth-order valence-electron chi connectivity index (χ4n) is 4.89. The van der Waals surface area contributed by atoms with Crippen LogP contribution in [0.15, 0.2) is 18.2 Å². The molecule has 9 nitrogen and oxygen atoms in total. The Morgan fingerprint density at radius 3 is 2.77 bits per heavy atom. The fraction of sp³-hybridized carbons (Fsp3) is 0.636. The first-order chi connectivity index (χ1) is 15.2. The molecule has 31 heavy (non-hydrogen) atoms. The average molecular weight is 431 g/mol.